The molecule has 0 saturated heterocycles. The van der Waals surface area contributed by atoms with Crippen LogP contribution < -0.4 is 4.90 Å². The first kappa shape index (κ1) is 19.5. The van der Waals surface area contributed by atoms with E-state index in [9.17, 15) is 4.79 Å². The molecule has 1 amide bonds. The minimum atomic E-state index is -0.382. The number of amides is 1. The molecule has 2 aromatic carbocycles. The van der Waals surface area contributed by atoms with Gasteiger partial charge in [-0.3, -0.25) is 4.79 Å². The van der Waals surface area contributed by atoms with E-state index in [1.807, 2.05) is 47.4 Å². The van der Waals surface area contributed by atoms with E-state index in [-0.39, 0.29) is 16.9 Å². The molecule has 0 bridgehead atoms. The number of benzene rings is 2. The van der Waals surface area contributed by atoms with Gasteiger partial charge in [-0.25, -0.2) is 0 Å². The molecule has 0 aliphatic carbocycles. The molecule has 1 aliphatic rings. The molecule has 0 saturated carbocycles. The molecule has 2 heterocycles. The van der Waals surface area contributed by atoms with Crippen molar-refractivity contribution in [2.45, 2.75) is 38.1 Å². The van der Waals surface area contributed by atoms with Gasteiger partial charge < -0.3 is 9.32 Å². The number of anilines is 1. The molecule has 1 atom stereocenters. The van der Waals surface area contributed by atoms with Crippen LogP contribution in [-0.4, -0.2) is 11.4 Å². The number of fused-ring (bicyclic) bond motifs is 1. The number of carbonyl (C=O) groups excluding carboxylic acids is 1. The van der Waals surface area contributed by atoms with Gasteiger partial charge in [0.15, 0.2) is 0 Å². The lowest BCUT2D eigenvalue weighted by Gasteiger charge is -2.51. The van der Waals surface area contributed by atoms with Crippen LogP contribution in [0.15, 0.2) is 77.4 Å². The van der Waals surface area contributed by atoms with Crippen molar-refractivity contribution in [1.29, 1.82) is 0 Å². The fourth-order valence-electron chi connectivity index (χ4n) is 4.61. The van der Waals surface area contributed by atoms with Gasteiger partial charge >= 0.3 is 0 Å². The largest absolute Gasteiger partial charge is 0.465 e. The third kappa shape index (κ3) is 3.51. The van der Waals surface area contributed by atoms with Crippen molar-refractivity contribution in [3.05, 3.63) is 94.9 Å². The summed E-state index contributed by atoms with van der Waals surface area (Å²) >= 11 is 6.13. The molecule has 0 spiro atoms. The maximum atomic E-state index is 13.2. The zero-order valence-electron chi connectivity index (χ0n) is 16.9. The topological polar surface area (TPSA) is 33.5 Å². The van der Waals surface area contributed by atoms with Crippen molar-refractivity contribution in [3.8, 4) is 0 Å². The maximum Gasteiger partial charge on any atom is 0.251 e. The third-order valence-electron chi connectivity index (χ3n) is 5.77. The first-order valence-corrected chi connectivity index (χ1v) is 10.1. The molecular weight excluding hydrogens is 382 g/mol. The maximum absolute atomic E-state index is 13.2. The lowest BCUT2D eigenvalue weighted by molar-refractivity contribution is -0.115. The van der Waals surface area contributed by atoms with Gasteiger partial charge in [-0.15, -0.1) is 0 Å². The Morgan fingerprint density at radius 1 is 1.03 bits per heavy atom. The summed E-state index contributed by atoms with van der Waals surface area (Å²) in [7, 11) is 0. The smallest absolute Gasteiger partial charge is 0.251 e. The summed E-state index contributed by atoms with van der Waals surface area (Å²) in [5.41, 5.74) is 2.66. The van der Waals surface area contributed by atoms with E-state index in [1.165, 1.54) is 5.56 Å². The van der Waals surface area contributed by atoms with Crippen molar-refractivity contribution in [2.24, 2.45) is 0 Å². The Kier molecular flexibility index (Phi) is 4.87. The van der Waals surface area contributed by atoms with Crippen molar-refractivity contribution in [1.82, 2.24) is 0 Å². The van der Waals surface area contributed by atoms with Crippen LogP contribution >= 0.6 is 11.6 Å². The Bertz CT molecular complexity index is 1050. The monoisotopic (exact) mass is 405 g/mol. The van der Waals surface area contributed by atoms with E-state index in [4.69, 9.17) is 16.0 Å². The summed E-state index contributed by atoms with van der Waals surface area (Å²) < 4.78 is 5.32. The summed E-state index contributed by atoms with van der Waals surface area (Å²) in [6.45, 7) is 6.49. The highest BCUT2D eigenvalue weighted by atomic mass is 35.5. The second kappa shape index (κ2) is 7.23. The second-order valence-corrected chi connectivity index (χ2v) is 8.80. The molecule has 3 aromatic rings. The average molecular weight is 406 g/mol. The summed E-state index contributed by atoms with van der Waals surface area (Å²) in [6.07, 6.45) is 5.69. The van der Waals surface area contributed by atoms with Gasteiger partial charge in [0.2, 0.25) is 0 Å². The van der Waals surface area contributed by atoms with Crippen LogP contribution in [0.5, 0.6) is 0 Å². The molecule has 1 aromatic heterocycles. The first-order chi connectivity index (χ1) is 13.8. The summed E-state index contributed by atoms with van der Waals surface area (Å²) in [5.74, 6) is 0.601. The predicted octanol–water partition coefficient (Wildman–Crippen LogP) is 6.47. The SMILES string of the molecule is CC1(C)C[C@@](C)(c2ccc(Cl)cc2)c2ccccc2N1C(=O)/C=C/c1ccco1. The van der Waals surface area contributed by atoms with Crippen LogP contribution in [0.2, 0.25) is 5.02 Å². The van der Waals surface area contributed by atoms with E-state index in [1.54, 1.807) is 18.4 Å². The summed E-state index contributed by atoms with van der Waals surface area (Å²) in [4.78, 5) is 15.1. The molecule has 4 rings (SSSR count). The number of furan rings is 1. The van der Waals surface area contributed by atoms with Gasteiger partial charge in [-0.05, 0) is 67.8 Å². The first-order valence-electron chi connectivity index (χ1n) is 9.73. The molecule has 1 aliphatic heterocycles. The van der Waals surface area contributed by atoms with Gasteiger partial charge in [0.25, 0.3) is 5.91 Å². The van der Waals surface area contributed by atoms with Gasteiger partial charge in [-0.2, -0.15) is 0 Å². The Morgan fingerprint density at radius 2 is 1.76 bits per heavy atom. The minimum Gasteiger partial charge on any atom is -0.465 e. The highest BCUT2D eigenvalue weighted by Gasteiger charge is 2.47. The quantitative estimate of drug-likeness (QED) is 0.468. The lowest BCUT2D eigenvalue weighted by atomic mass is 9.65. The van der Waals surface area contributed by atoms with E-state index in [0.717, 1.165) is 22.7 Å². The van der Waals surface area contributed by atoms with Crippen LogP contribution in [0.1, 0.15) is 44.1 Å². The third-order valence-corrected chi connectivity index (χ3v) is 6.02. The molecular formula is C25H24ClNO2. The predicted molar refractivity (Wildman–Crippen MR) is 118 cm³/mol. The van der Waals surface area contributed by atoms with Gasteiger partial charge in [-0.1, -0.05) is 48.9 Å². The molecule has 3 nitrogen and oxygen atoms in total. The summed E-state index contributed by atoms with van der Waals surface area (Å²) in [5, 5.41) is 0.723. The lowest BCUT2D eigenvalue weighted by Crippen LogP contribution is -2.55. The molecule has 0 fully saturated rings. The number of nitrogens with zero attached hydrogens (tertiary/aromatic N) is 1. The number of para-hydroxylation sites is 1. The molecule has 29 heavy (non-hydrogen) atoms. The number of hydrogen-bond donors (Lipinski definition) is 0. The van der Waals surface area contributed by atoms with E-state index >= 15 is 0 Å². The zero-order valence-corrected chi connectivity index (χ0v) is 17.6. The van der Waals surface area contributed by atoms with Crippen molar-refractivity contribution in [3.63, 3.8) is 0 Å². The molecule has 0 radical (unpaired) electrons. The van der Waals surface area contributed by atoms with Crippen LogP contribution in [0.4, 0.5) is 5.69 Å². The fourth-order valence-corrected chi connectivity index (χ4v) is 4.73. The van der Waals surface area contributed by atoms with Crippen LogP contribution in [-0.2, 0) is 10.2 Å². The van der Waals surface area contributed by atoms with Crippen LogP contribution in [0.3, 0.4) is 0 Å². The Morgan fingerprint density at radius 3 is 2.45 bits per heavy atom. The second-order valence-electron chi connectivity index (χ2n) is 8.37. The number of carbonyl (C=O) groups is 1. The standard InChI is InChI=1S/C25H24ClNO2/c1-24(2)17-25(3,18-10-12-19(26)13-11-18)21-8-4-5-9-22(21)27(24)23(28)15-14-20-7-6-16-29-20/h4-16H,17H2,1-3H3/b15-14+/t25-/m0/s1. The number of rotatable bonds is 3. The van der Waals surface area contributed by atoms with Gasteiger partial charge in [0, 0.05) is 27.7 Å². The number of halogens is 1. The molecule has 0 N–H and O–H groups in total. The Hall–Kier alpha value is -2.78. The zero-order chi connectivity index (χ0) is 20.6. The van der Waals surface area contributed by atoms with E-state index < -0.39 is 0 Å². The fraction of sp³-hybridized carbons (Fsp3) is 0.240. The van der Waals surface area contributed by atoms with Crippen molar-refractivity contribution >= 4 is 29.3 Å². The molecule has 4 heteroatoms. The molecule has 0 unspecified atom stereocenters. The highest BCUT2D eigenvalue weighted by Crippen LogP contribution is 2.50. The average Bonchev–Trinajstić information content (AvgIpc) is 3.20. The van der Waals surface area contributed by atoms with E-state index in [2.05, 4.69) is 39.0 Å². The Labute approximate surface area is 176 Å². The normalized spacial score (nSPS) is 20.6. The highest BCUT2D eigenvalue weighted by molar-refractivity contribution is 6.30. The van der Waals surface area contributed by atoms with Crippen LogP contribution in [0, 0.1) is 0 Å². The van der Waals surface area contributed by atoms with Crippen LogP contribution in [0.25, 0.3) is 6.08 Å². The number of hydrogen-bond acceptors (Lipinski definition) is 2. The van der Waals surface area contributed by atoms with E-state index in [0.29, 0.717) is 5.76 Å². The van der Waals surface area contributed by atoms with Gasteiger partial charge in [0.05, 0.1) is 6.26 Å². The summed E-state index contributed by atoms with van der Waals surface area (Å²) in [6, 6.07) is 19.8. The Balaban J connectivity index is 1.80. The van der Waals surface area contributed by atoms with Crippen molar-refractivity contribution in [2.75, 3.05) is 4.90 Å². The van der Waals surface area contributed by atoms with Crippen molar-refractivity contribution < 1.29 is 9.21 Å². The minimum absolute atomic E-state index is 0.0583. The molecule has 148 valence electrons. The van der Waals surface area contributed by atoms with Gasteiger partial charge in [0.1, 0.15) is 5.76 Å².